The van der Waals surface area contributed by atoms with Crippen LogP contribution >= 0.6 is 7.82 Å². The van der Waals surface area contributed by atoms with E-state index in [-0.39, 0.29) is 6.15 Å². The van der Waals surface area contributed by atoms with Crippen LogP contribution in [0, 0.1) is 0 Å². The normalized spacial score (nSPS) is 8.12. The van der Waals surface area contributed by atoms with E-state index < -0.39 is 7.82 Å². The summed E-state index contributed by atoms with van der Waals surface area (Å²) in [4.78, 5) is 21.6. The molecule has 0 bridgehead atoms. The Morgan fingerprint density at radius 1 is 1.25 bits per heavy atom. The summed E-state index contributed by atoms with van der Waals surface area (Å²) in [6.07, 6.45) is 0. The van der Waals surface area contributed by atoms with Gasteiger partial charge in [-0.1, -0.05) is 0 Å². The molecule has 0 saturated heterocycles. The Balaban J connectivity index is -0.0000000750. The SMILES string of the molecule is CF.N.O=P(O)(O)O. The van der Waals surface area contributed by atoms with Gasteiger partial charge in [0, 0.05) is 0 Å². The Labute approximate surface area is 46.0 Å². The van der Waals surface area contributed by atoms with Crippen molar-refractivity contribution < 1.29 is 23.6 Å². The lowest BCUT2D eigenvalue weighted by molar-refractivity contribution is 0.275. The lowest BCUT2D eigenvalue weighted by atomic mass is 11.9. The average Bonchev–Trinajstić information content (AvgIpc) is 1.36. The van der Waals surface area contributed by atoms with E-state index in [1.807, 2.05) is 0 Å². The van der Waals surface area contributed by atoms with Crippen LogP contribution in [0.5, 0.6) is 0 Å². The Morgan fingerprint density at radius 3 is 1.25 bits per heavy atom. The van der Waals surface area contributed by atoms with Gasteiger partial charge in [0.05, 0.1) is 7.18 Å². The third kappa shape index (κ3) is 31200000000000001530127419694907392. The van der Waals surface area contributed by atoms with E-state index in [1.54, 1.807) is 0 Å². The summed E-state index contributed by atoms with van der Waals surface area (Å²) >= 11 is 0. The minimum absolute atomic E-state index is 0. The van der Waals surface area contributed by atoms with E-state index in [4.69, 9.17) is 19.2 Å². The molecule has 0 radical (unpaired) electrons. The molecule has 0 aliphatic heterocycles. The Kier molecular flexibility index (Phi) is 13.7. The Morgan fingerprint density at radius 2 is 1.25 bits per heavy atom. The number of hydrogen-bond donors (Lipinski definition) is 4. The van der Waals surface area contributed by atoms with E-state index >= 15 is 0 Å². The molecule has 54 valence electrons. The maximum absolute atomic E-state index is 9.50. The van der Waals surface area contributed by atoms with Gasteiger partial charge in [-0.2, -0.15) is 0 Å². The van der Waals surface area contributed by atoms with Gasteiger partial charge in [0.25, 0.3) is 0 Å². The van der Waals surface area contributed by atoms with E-state index in [9.17, 15) is 4.39 Å². The summed E-state index contributed by atoms with van der Waals surface area (Å²) < 4.78 is 18.4. The molecule has 5 nitrogen and oxygen atoms in total. The van der Waals surface area contributed by atoms with E-state index in [2.05, 4.69) is 0 Å². The zero-order valence-electron chi connectivity index (χ0n) is 4.28. The standard InChI is InChI=1S/CH3F.H3N.H3O4P/c1-2;;1-5(2,3)4/h1H3;1H3;(H3,1,2,3,4). The molecule has 0 aliphatic carbocycles. The maximum Gasteiger partial charge on any atom is 0.466 e. The maximum atomic E-state index is 9.50. The number of rotatable bonds is 0. The van der Waals surface area contributed by atoms with Crippen LogP contribution in [-0.4, -0.2) is 21.9 Å². The number of halogens is 1. The molecule has 6 N–H and O–H groups in total. The molecule has 0 aromatic carbocycles. The van der Waals surface area contributed by atoms with Crippen molar-refractivity contribution in [3.05, 3.63) is 0 Å². The molecular weight excluding hydrogens is 140 g/mol. The zero-order chi connectivity index (χ0) is 6.50. The van der Waals surface area contributed by atoms with Crippen LogP contribution in [0.1, 0.15) is 0 Å². The van der Waals surface area contributed by atoms with Crippen LogP contribution in [0.4, 0.5) is 4.39 Å². The second kappa shape index (κ2) is 7.00. The van der Waals surface area contributed by atoms with E-state index in [0.29, 0.717) is 7.18 Å². The third-order valence-electron chi connectivity index (χ3n) is 0. The molecule has 0 rings (SSSR count). The van der Waals surface area contributed by atoms with Crippen LogP contribution in [0.15, 0.2) is 0 Å². The van der Waals surface area contributed by atoms with Gasteiger partial charge in [-0.15, -0.1) is 0 Å². The van der Waals surface area contributed by atoms with Crippen molar-refractivity contribution in [1.29, 1.82) is 0 Å². The average molecular weight is 149 g/mol. The highest BCUT2D eigenvalue weighted by molar-refractivity contribution is 7.45. The molecule has 0 heterocycles. The summed E-state index contributed by atoms with van der Waals surface area (Å²) in [5.74, 6) is 0. The molecule has 0 fully saturated rings. The molecule has 0 atom stereocenters. The van der Waals surface area contributed by atoms with Crippen LogP contribution in [-0.2, 0) is 4.57 Å². The fraction of sp³-hybridized carbons (Fsp3) is 1.00. The molecule has 8 heavy (non-hydrogen) atoms. The first kappa shape index (κ1) is 15.7. The van der Waals surface area contributed by atoms with Crippen LogP contribution in [0.3, 0.4) is 0 Å². The highest BCUT2D eigenvalue weighted by Gasteiger charge is 2.00. The van der Waals surface area contributed by atoms with Crippen LogP contribution in [0.2, 0.25) is 0 Å². The highest BCUT2D eigenvalue weighted by Crippen LogP contribution is 2.25. The second-order valence-corrected chi connectivity index (χ2v) is 1.54. The van der Waals surface area contributed by atoms with Gasteiger partial charge in [-0.25, -0.2) is 4.57 Å². The molecule has 0 spiro atoms. The van der Waals surface area contributed by atoms with Crippen molar-refractivity contribution in [2.75, 3.05) is 7.18 Å². The predicted octanol–water partition coefficient (Wildman–Crippen LogP) is -0.181. The van der Waals surface area contributed by atoms with Crippen LogP contribution in [0.25, 0.3) is 0 Å². The summed E-state index contributed by atoms with van der Waals surface area (Å²) in [6.45, 7) is 0. The van der Waals surface area contributed by atoms with Gasteiger partial charge in [0.1, 0.15) is 0 Å². The van der Waals surface area contributed by atoms with Crippen molar-refractivity contribution in [2.24, 2.45) is 0 Å². The van der Waals surface area contributed by atoms with Crippen molar-refractivity contribution in [3.8, 4) is 0 Å². The Bertz CT molecular complexity index is 62.2. The first-order chi connectivity index (χ1) is 3.00. The van der Waals surface area contributed by atoms with Crippen molar-refractivity contribution in [3.63, 3.8) is 0 Å². The third-order valence-corrected chi connectivity index (χ3v) is 0. The van der Waals surface area contributed by atoms with E-state index in [0.717, 1.165) is 0 Å². The molecule has 7 heteroatoms. The topological polar surface area (TPSA) is 113 Å². The fourth-order valence-electron chi connectivity index (χ4n) is 0. The molecular formula is CH9FNO4P. The van der Waals surface area contributed by atoms with Crippen molar-refractivity contribution in [2.45, 2.75) is 0 Å². The van der Waals surface area contributed by atoms with Gasteiger partial charge in [-0.3, -0.25) is 4.39 Å². The van der Waals surface area contributed by atoms with Crippen molar-refractivity contribution >= 4 is 7.82 Å². The molecule has 0 saturated carbocycles. The van der Waals surface area contributed by atoms with Gasteiger partial charge in [0.15, 0.2) is 0 Å². The number of phosphoric acid groups is 1. The first-order valence-electron chi connectivity index (χ1n) is 1.16. The van der Waals surface area contributed by atoms with Crippen molar-refractivity contribution in [1.82, 2.24) is 6.15 Å². The number of hydrogen-bond acceptors (Lipinski definition) is 2. The fourth-order valence-corrected chi connectivity index (χ4v) is 0. The smallest absolute Gasteiger partial charge is 0.344 e. The molecule has 0 amide bonds. The highest BCUT2D eigenvalue weighted by atomic mass is 31.2. The van der Waals surface area contributed by atoms with Gasteiger partial charge in [-0.05, 0) is 0 Å². The Hall–Kier alpha value is -0.0000000000000000694. The molecule has 0 unspecified atom stereocenters. The van der Waals surface area contributed by atoms with Crippen LogP contribution < -0.4 is 6.15 Å². The minimum atomic E-state index is -4.64. The molecule has 0 aromatic rings. The first-order valence-corrected chi connectivity index (χ1v) is 2.73. The van der Waals surface area contributed by atoms with E-state index in [1.165, 1.54) is 0 Å². The summed E-state index contributed by atoms with van der Waals surface area (Å²) in [5.41, 5.74) is 0. The lowest BCUT2D eigenvalue weighted by Gasteiger charge is -1.82. The van der Waals surface area contributed by atoms with Gasteiger partial charge < -0.3 is 20.8 Å². The quantitative estimate of drug-likeness (QED) is 0.357. The lowest BCUT2D eigenvalue weighted by Crippen LogP contribution is -1.66. The predicted molar refractivity (Wildman–Crippen MR) is 26.3 cm³/mol. The molecule has 0 aromatic heterocycles. The van der Waals surface area contributed by atoms with Gasteiger partial charge >= 0.3 is 7.82 Å². The second-order valence-electron chi connectivity index (χ2n) is 0.513. The zero-order valence-corrected chi connectivity index (χ0v) is 5.18. The van der Waals surface area contributed by atoms with Gasteiger partial charge in [0.2, 0.25) is 0 Å². The minimum Gasteiger partial charge on any atom is -0.344 e. The number of alkyl halides is 1. The molecule has 0 aliphatic rings. The summed E-state index contributed by atoms with van der Waals surface area (Å²) in [7, 11) is -4.14. The summed E-state index contributed by atoms with van der Waals surface area (Å²) in [6, 6.07) is 0. The summed E-state index contributed by atoms with van der Waals surface area (Å²) in [5, 5.41) is 0. The largest absolute Gasteiger partial charge is 0.466 e. The monoisotopic (exact) mass is 149 g/mol.